The Labute approximate surface area is 187 Å². The molecule has 0 bridgehead atoms. The summed E-state index contributed by atoms with van der Waals surface area (Å²) in [5.41, 5.74) is 7.13. The summed E-state index contributed by atoms with van der Waals surface area (Å²) < 4.78 is 10.4. The zero-order chi connectivity index (χ0) is 22.7. The van der Waals surface area contributed by atoms with Crippen molar-refractivity contribution in [1.29, 1.82) is 0 Å². The second-order valence-corrected chi connectivity index (χ2v) is 7.66. The van der Waals surface area contributed by atoms with Crippen molar-refractivity contribution in [2.45, 2.75) is 19.3 Å². The van der Waals surface area contributed by atoms with Gasteiger partial charge in [-0.25, -0.2) is 4.79 Å². The van der Waals surface area contributed by atoms with E-state index in [2.05, 4.69) is 35.5 Å². The highest BCUT2D eigenvalue weighted by Gasteiger charge is 2.29. The number of ether oxygens (including phenoxy) is 2. The molecule has 0 saturated carbocycles. The summed E-state index contributed by atoms with van der Waals surface area (Å²) in [5, 5.41) is 2.78. The molecule has 5 heteroatoms. The number of fused-ring (bicyclic) bond motifs is 3. The van der Waals surface area contributed by atoms with E-state index in [1.165, 1.54) is 18.2 Å². The van der Waals surface area contributed by atoms with Crippen LogP contribution in [-0.2, 0) is 20.7 Å². The molecule has 1 aliphatic carbocycles. The van der Waals surface area contributed by atoms with E-state index in [1.807, 2.05) is 31.2 Å². The smallest absolute Gasteiger partial charge is 0.411 e. The van der Waals surface area contributed by atoms with Crippen molar-refractivity contribution >= 4 is 17.7 Å². The second kappa shape index (κ2) is 8.99. The molecule has 1 aliphatic rings. The van der Waals surface area contributed by atoms with Crippen molar-refractivity contribution in [1.82, 2.24) is 0 Å². The highest BCUT2D eigenvalue weighted by atomic mass is 16.5. The number of rotatable bonds is 5. The Morgan fingerprint density at radius 1 is 1.03 bits per heavy atom. The lowest BCUT2D eigenvalue weighted by molar-refractivity contribution is -0.139. The normalized spacial score (nSPS) is 11.8. The average molecular weight is 425 g/mol. The molecule has 3 aromatic carbocycles. The SMILES string of the molecule is C#Cc1cc(CC(=O)OC)c(C)c(NC(=O)OCC2c3ccccc3-c3ccccc32)c1. The standard InChI is InChI=1S/C27H23NO4/c1-4-18-13-19(15-26(29)31-3)17(2)25(14-18)28-27(30)32-16-24-22-11-7-5-9-20(22)21-10-6-8-12-23(21)24/h1,5-14,24H,15-16H2,2-3H3,(H,28,30). The molecule has 0 aromatic heterocycles. The Morgan fingerprint density at radius 2 is 1.66 bits per heavy atom. The first-order valence-electron chi connectivity index (χ1n) is 10.3. The molecule has 3 aromatic rings. The van der Waals surface area contributed by atoms with Crippen LogP contribution >= 0.6 is 0 Å². The van der Waals surface area contributed by atoms with E-state index in [-0.39, 0.29) is 24.9 Å². The van der Waals surface area contributed by atoms with Crippen LogP contribution in [0.4, 0.5) is 10.5 Å². The fraction of sp³-hybridized carbons (Fsp3) is 0.185. The molecule has 4 rings (SSSR count). The molecule has 160 valence electrons. The number of nitrogens with one attached hydrogen (secondary N) is 1. The van der Waals surface area contributed by atoms with E-state index in [0.717, 1.165) is 16.7 Å². The molecule has 32 heavy (non-hydrogen) atoms. The maximum atomic E-state index is 12.7. The van der Waals surface area contributed by atoms with Crippen molar-refractivity contribution in [3.05, 3.63) is 88.5 Å². The summed E-state index contributed by atoms with van der Waals surface area (Å²) in [4.78, 5) is 24.4. The van der Waals surface area contributed by atoms with E-state index in [1.54, 1.807) is 12.1 Å². The number of amides is 1. The topological polar surface area (TPSA) is 64.6 Å². The molecule has 0 atom stereocenters. The first kappa shape index (κ1) is 21.2. The van der Waals surface area contributed by atoms with Gasteiger partial charge >= 0.3 is 12.1 Å². The van der Waals surface area contributed by atoms with Gasteiger partial charge in [0.1, 0.15) is 6.61 Å². The summed E-state index contributed by atoms with van der Waals surface area (Å²) in [6.45, 7) is 2.03. The zero-order valence-electron chi connectivity index (χ0n) is 18.0. The predicted molar refractivity (Wildman–Crippen MR) is 124 cm³/mol. The van der Waals surface area contributed by atoms with Crippen LogP contribution in [0.3, 0.4) is 0 Å². The average Bonchev–Trinajstić information content (AvgIpc) is 3.13. The number of carbonyl (C=O) groups is 2. The summed E-state index contributed by atoms with van der Waals surface area (Å²) in [6, 6.07) is 19.8. The molecule has 0 unspecified atom stereocenters. The van der Waals surface area contributed by atoms with Gasteiger partial charge in [-0.1, -0.05) is 54.5 Å². The Kier molecular flexibility index (Phi) is 5.96. The van der Waals surface area contributed by atoms with E-state index in [4.69, 9.17) is 15.9 Å². The Bertz CT molecular complexity index is 1190. The van der Waals surface area contributed by atoms with Crippen LogP contribution in [0.15, 0.2) is 60.7 Å². The van der Waals surface area contributed by atoms with Crippen LogP contribution in [0.25, 0.3) is 11.1 Å². The largest absolute Gasteiger partial charge is 0.469 e. The number of hydrogen-bond donors (Lipinski definition) is 1. The number of carbonyl (C=O) groups excluding carboxylic acids is 2. The molecule has 0 fully saturated rings. The van der Waals surface area contributed by atoms with Gasteiger partial charge in [-0.3, -0.25) is 10.1 Å². The number of terminal acetylenes is 1. The maximum absolute atomic E-state index is 12.7. The Morgan fingerprint density at radius 3 is 2.25 bits per heavy atom. The number of esters is 1. The first-order chi connectivity index (χ1) is 15.5. The van der Waals surface area contributed by atoms with E-state index in [0.29, 0.717) is 16.8 Å². The molecule has 0 radical (unpaired) electrons. The quantitative estimate of drug-likeness (QED) is 0.459. The molecule has 1 N–H and O–H groups in total. The van der Waals surface area contributed by atoms with E-state index < -0.39 is 6.09 Å². The van der Waals surface area contributed by atoms with Crippen molar-refractivity contribution in [2.75, 3.05) is 19.0 Å². The van der Waals surface area contributed by atoms with Gasteiger partial charge in [0.2, 0.25) is 0 Å². The van der Waals surface area contributed by atoms with Crippen molar-refractivity contribution in [3.63, 3.8) is 0 Å². The summed E-state index contributed by atoms with van der Waals surface area (Å²) in [5.74, 6) is 2.15. The fourth-order valence-corrected chi connectivity index (χ4v) is 4.14. The van der Waals surface area contributed by atoms with Gasteiger partial charge in [-0.2, -0.15) is 0 Å². The maximum Gasteiger partial charge on any atom is 0.411 e. The van der Waals surface area contributed by atoms with Crippen LogP contribution in [-0.4, -0.2) is 25.8 Å². The monoisotopic (exact) mass is 425 g/mol. The van der Waals surface area contributed by atoms with Crippen LogP contribution in [0, 0.1) is 19.3 Å². The van der Waals surface area contributed by atoms with Gasteiger partial charge in [0.15, 0.2) is 0 Å². The third-order valence-electron chi connectivity index (χ3n) is 5.82. The number of anilines is 1. The minimum absolute atomic E-state index is 0.0267. The second-order valence-electron chi connectivity index (χ2n) is 7.66. The predicted octanol–water partition coefficient (Wildman–Crippen LogP) is 5.05. The van der Waals surface area contributed by atoms with Gasteiger partial charge in [-0.05, 0) is 52.4 Å². The summed E-state index contributed by atoms with van der Waals surface area (Å²) in [6.07, 6.45) is 5.04. The van der Waals surface area contributed by atoms with Crippen LogP contribution < -0.4 is 5.32 Å². The highest BCUT2D eigenvalue weighted by molar-refractivity contribution is 5.87. The van der Waals surface area contributed by atoms with Gasteiger partial charge in [0, 0.05) is 17.2 Å². The minimum atomic E-state index is -0.576. The van der Waals surface area contributed by atoms with Crippen molar-refractivity contribution < 1.29 is 19.1 Å². The molecule has 0 saturated heterocycles. The fourth-order valence-electron chi connectivity index (χ4n) is 4.14. The lowest BCUT2D eigenvalue weighted by Crippen LogP contribution is -2.19. The summed E-state index contributed by atoms with van der Waals surface area (Å²) in [7, 11) is 1.33. The van der Waals surface area contributed by atoms with E-state index in [9.17, 15) is 9.59 Å². The lowest BCUT2D eigenvalue weighted by Gasteiger charge is -2.16. The molecule has 0 spiro atoms. The molecule has 5 nitrogen and oxygen atoms in total. The van der Waals surface area contributed by atoms with Gasteiger partial charge in [0.25, 0.3) is 0 Å². The van der Waals surface area contributed by atoms with Gasteiger partial charge in [-0.15, -0.1) is 6.42 Å². The molecular formula is C27H23NO4. The zero-order valence-corrected chi connectivity index (χ0v) is 18.0. The first-order valence-corrected chi connectivity index (χ1v) is 10.3. The van der Waals surface area contributed by atoms with Crippen molar-refractivity contribution in [2.24, 2.45) is 0 Å². The van der Waals surface area contributed by atoms with Crippen LogP contribution in [0.1, 0.15) is 33.7 Å². The minimum Gasteiger partial charge on any atom is -0.469 e. The lowest BCUT2D eigenvalue weighted by atomic mass is 9.98. The van der Waals surface area contributed by atoms with Crippen LogP contribution in [0.2, 0.25) is 0 Å². The summed E-state index contributed by atoms with van der Waals surface area (Å²) >= 11 is 0. The third-order valence-corrected chi connectivity index (χ3v) is 5.82. The van der Waals surface area contributed by atoms with Crippen molar-refractivity contribution in [3.8, 4) is 23.5 Å². The van der Waals surface area contributed by atoms with Gasteiger partial charge < -0.3 is 9.47 Å². The molecular weight excluding hydrogens is 402 g/mol. The van der Waals surface area contributed by atoms with E-state index >= 15 is 0 Å². The number of benzene rings is 3. The highest BCUT2D eigenvalue weighted by Crippen LogP contribution is 2.44. The Balaban J connectivity index is 1.51. The molecule has 1 amide bonds. The molecule has 0 heterocycles. The van der Waals surface area contributed by atoms with Crippen LogP contribution in [0.5, 0.6) is 0 Å². The molecule has 0 aliphatic heterocycles. The third kappa shape index (κ3) is 4.08. The number of hydrogen-bond acceptors (Lipinski definition) is 4. The number of methoxy groups -OCH3 is 1. The van der Waals surface area contributed by atoms with Gasteiger partial charge in [0.05, 0.1) is 13.5 Å². The Hall–Kier alpha value is -4.04.